The van der Waals surface area contributed by atoms with Gasteiger partial charge in [-0.25, -0.2) is 0 Å². The van der Waals surface area contributed by atoms with Crippen molar-refractivity contribution in [2.45, 2.75) is 48.3 Å². The summed E-state index contributed by atoms with van der Waals surface area (Å²) in [5, 5.41) is 23.8. The fourth-order valence-electron chi connectivity index (χ4n) is 7.72. The van der Waals surface area contributed by atoms with Crippen LogP contribution in [0.3, 0.4) is 0 Å². The van der Waals surface area contributed by atoms with E-state index in [1.807, 2.05) is 36.7 Å². The van der Waals surface area contributed by atoms with E-state index in [2.05, 4.69) is 40.1 Å². The number of hydrogen-bond acceptors (Lipinski definition) is 6. The van der Waals surface area contributed by atoms with Crippen molar-refractivity contribution < 1.29 is 14.9 Å². The number of pyridine rings is 2. The normalized spacial score (nSPS) is 34.3. The molecule has 7 rings (SSSR count). The van der Waals surface area contributed by atoms with Gasteiger partial charge in [-0.15, -0.1) is 0 Å². The van der Waals surface area contributed by atoms with Crippen molar-refractivity contribution >= 4 is 0 Å². The first kappa shape index (κ1) is 21.1. The van der Waals surface area contributed by atoms with Crippen LogP contribution in [0.2, 0.25) is 0 Å². The number of phenols is 1. The van der Waals surface area contributed by atoms with Crippen molar-refractivity contribution in [3.63, 3.8) is 0 Å². The fourth-order valence-corrected chi connectivity index (χ4v) is 7.72. The fraction of sp³-hybridized carbons (Fsp3) is 0.379. The number of likely N-dealkylation sites (tertiary alicyclic amines) is 1. The van der Waals surface area contributed by atoms with Gasteiger partial charge < -0.3 is 19.8 Å². The third-order valence-electron chi connectivity index (χ3n) is 9.15. The molecule has 178 valence electrons. The molecule has 3 aromatic rings. The zero-order chi connectivity index (χ0) is 23.8. The SMILES string of the molecule is CN1CC[C@]23c4c5ccc(O)c4O[C@@]2(Cc2cccnc2)[C@](O)(Cc2cccnc2)C=C[C@H]3[C@H]1C5. The molecule has 2 aliphatic heterocycles. The lowest BCUT2D eigenvalue weighted by atomic mass is 9.45. The van der Waals surface area contributed by atoms with Gasteiger partial charge in [-0.1, -0.05) is 30.4 Å². The molecular formula is C29H29N3O3. The quantitative estimate of drug-likeness (QED) is 0.574. The molecule has 1 fully saturated rings. The monoisotopic (exact) mass is 467 g/mol. The molecule has 1 saturated heterocycles. The zero-order valence-corrected chi connectivity index (χ0v) is 19.8. The number of aromatic nitrogens is 2. The molecule has 6 heteroatoms. The summed E-state index contributed by atoms with van der Waals surface area (Å²) in [5.41, 5.74) is 1.49. The van der Waals surface area contributed by atoms with Crippen LogP contribution >= 0.6 is 0 Å². The zero-order valence-electron chi connectivity index (χ0n) is 19.8. The highest BCUT2D eigenvalue weighted by molar-refractivity contribution is 5.65. The highest BCUT2D eigenvalue weighted by Crippen LogP contribution is 2.69. The smallest absolute Gasteiger partial charge is 0.166 e. The van der Waals surface area contributed by atoms with E-state index in [9.17, 15) is 10.2 Å². The van der Waals surface area contributed by atoms with Gasteiger partial charge >= 0.3 is 0 Å². The Morgan fingerprint density at radius 3 is 2.51 bits per heavy atom. The summed E-state index contributed by atoms with van der Waals surface area (Å²) in [5.74, 6) is 0.869. The van der Waals surface area contributed by atoms with Crippen LogP contribution in [0.1, 0.15) is 28.7 Å². The number of piperidine rings is 1. The summed E-state index contributed by atoms with van der Waals surface area (Å²) in [7, 11) is 2.20. The molecule has 35 heavy (non-hydrogen) atoms. The topological polar surface area (TPSA) is 78.7 Å². The Hall–Kier alpha value is -3.22. The van der Waals surface area contributed by atoms with Gasteiger partial charge in [0.05, 0.1) is 5.41 Å². The summed E-state index contributed by atoms with van der Waals surface area (Å²) < 4.78 is 7.01. The van der Waals surface area contributed by atoms with E-state index in [1.165, 1.54) is 5.56 Å². The molecule has 1 aromatic carbocycles. The average molecular weight is 468 g/mol. The molecule has 0 radical (unpaired) electrons. The minimum atomic E-state index is -1.32. The molecule has 2 aliphatic carbocycles. The molecule has 4 aliphatic rings. The predicted octanol–water partition coefficient (Wildman–Crippen LogP) is 3.21. The second-order valence-electron chi connectivity index (χ2n) is 10.7. The summed E-state index contributed by atoms with van der Waals surface area (Å²) >= 11 is 0. The molecule has 4 heterocycles. The number of aliphatic hydroxyl groups is 1. The van der Waals surface area contributed by atoms with Gasteiger partial charge in [0.25, 0.3) is 0 Å². The first-order chi connectivity index (χ1) is 17.0. The maximum absolute atomic E-state index is 12.7. The van der Waals surface area contributed by atoms with Crippen LogP contribution < -0.4 is 4.74 Å². The first-order valence-electron chi connectivity index (χ1n) is 12.4. The van der Waals surface area contributed by atoms with Crippen LogP contribution in [0.15, 0.2) is 73.3 Å². The van der Waals surface area contributed by atoms with E-state index >= 15 is 0 Å². The minimum Gasteiger partial charge on any atom is -0.504 e. The molecule has 2 N–H and O–H groups in total. The van der Waals surface area contributed by atoms with Gasteiger partial charge in [-0.2, -0.15) is 0 Å². The summed E-state index contributed by atoms with van der Waals surface area (Å²) in [4.78, 5) is 11.1. The molecule has 0 unspecified atom stereocenters. The standard InChI is InChI=1S/C29H29N3O3/c1-32-13-10-28-22-8-9-27(34,15-19-4-2-11-30-17-19)29(28,16-20-5-3-12-31-18-20)35-26-24(33)7-6-21(25(26)28)14-23(22)32/h2-9,11-12,17-18,22-23,33-34H,10,13-16H2,1H3/t22-,23+,27+,28-,29-/m0/s1. The molecule has 0 saturated carbocycles. The van der Waals surface area contributed by atoms with Crippen molar-refractivity contribution in [3.05, 3.63) is 95.6 Å². The van der Waals surface area contributed by atoms with Crippen molar-refractivity contribution in [1.82, 2.24) is 14.9 Å². The molecule has 0 amide bonds. The lowest BCUT2D eigenvalue weighted by molar-refractivity contribution is -0.172. The number of phenolic OH excluding ortho intramolecular Hbond substituents is 1. The third kappa shape index (κ3) is 2.61. The van der Waals surface area contributed by atoms with Crippen LogP contribution in [-0.2, 0) is 24.7 Å². The van der Waals surface area contributed by atoms with Crippen molar-refractivity contribution in [3.8, 4) is 11.5 Å². The Morgan fingerprint density at radius 2 is 1.80 bits per heavy atom. The number of hydrogen-bond donors (Lipinski definition) is 2. The average Bonchev–Trinajstić information content (AvgIpc) is 3.17. The Balaban J connectivity index is 1.52. The maximum atomic E-state index is 12.7. The largest absolute Gasteiger partial charge is 0.504 e. The number of likely N-dealkylation sites (N-methyl/N-ethyl adjacent to an activating group) is 1. The molecular weight excluding hydrogens is 438 g/mol. The number of benzene rings is 1. The van der Waals surface area contributed by atoms with Crippen molar-refractivity contribution in [1.29, 1.82) is 0 Å². The Labute approximate surface area is 204 Å². The first-order valence-corrected chi connectivity index (χ1v) is 12.4. The van der Waals surface area contributed by atoms with E-state index in [0.29, 0.717) is 24.6 Å². The number of ether oxygens (including phenoxy) is 1. The molecule has 6 nitrogen and oxygen atoms in total. The van der Waals surface area contributed by atoms with Gasteiger partial charge in [0.15, 0.2) is 17.1 Å². The Bertz CT molecular complexity index is 1330. The number of aromatic hydroxyl groups is 1. The maximum Gasteiger partial charge on any atom is 0.166 e. The second kappa shape index (κ2) is 7.15. The van der Waals surface area contributed by atoms with Crippen LogP contribution in [0.5, 0.6) is 11.5 Å². The Kier molecular flexibility index (Phi) is 4.31. The summed E-state index contributed by atoms with van der Waals surface area (Å²) in [6, 6.07) is 12.0. The molecule has 2 bridgehead atoms. The van der Waals surface area contributed by atoms with E-state index in [1.54, 1.807) is 18.5 Å². The van der Waals surface area contributed by atoms with Crippen molar-refractivity contribution in [2.75, 3.05) is 13.6 Å². The second-order valence-corrected chi connectivity index (χ2v) is 10.7. The number of rotatable bonds is 4. The van der Waals surface area contributed by atoms with Crippen molar-refractivity contribution in [2.24, 2.45) is 5.92 Å². The van der Waals surface area contributed by atoms with Crippen LogP contribution in [0, 0.1) is 5.92 Å². The molecule has 1 spiro atoms. The van der Waals surface area contributed by atoms with E-state index in [4.69, 9.17) is 4.74 Å². The van der Waals surface area contributed by atoms with Gasteiger partial charge in [-0.05, 0) is 61.3 Å². The Morgan fingerprint density at radius 1 is 1.06 bits per heavy atom. The number of nitrogens with zero attached hydrogens (tertiary/aromatic N) is 3. The van der Waals surface area contributed by atoms with E-state index in [-0.39, 0.29) is 11.7 Å². The summed E-state index contributed by atoms with van der Waals surface area (Å²) in [6.45, 7) is 0.907. The van der Waals surface area contributed by atoms with Gasteiger partial charge in [0.2, 0.25) is 0 Å². The summed E-state index contributed by atoms with van der Waals surface area (Å²) in [6.07, 6.45) is 14.0. The van der Waals surface area contributed by atoms with E-state index < -0.39 is 16.6 Å². The molecule has 5 atom stereocenters. The highest BCUT2D eigenvalue weighted by atomic mass is 16.5. The van der Waals surface area contributed by atoms with E-state index in [0.717, 1.165) is 36.1 Å². The minimum absolute atomic E-state index is 0.151. The van der Waals surface area contributed by atoms with Gasteiger partial charge in [0.1, 0.15) is 5.60 Å². The van der Waals surface area contributed by atoms with Gasteiger partial charge in [-0.3, -0.25) is 9.97 Å². The van der Waals surface area contributed by atoms with Crippen LogP contribution in [0.25, 0.3) is 0 Å². The molecule has 2 aromatic heterocycles. The third-order valence-corrected chi connectivity index (χ3v) is 9.15. The van der Waals surface area contributed by atoms with Crippen LogP contribution in [0.4, 0.5) is 0 Å². The lowest BCUT2D eigenvalue weighted by Gasteiger charge is -2.63. The van der Waals surface area contributed by atoms with Crippen LogP contribution in [-0.4, -0.2) is 55.9 Å². The lowest BCUT2D eigenvalue weighted by Crippen LogP contribution is -2.76. The highest BCUT2D eigenvalue weighted by Gasteiger charge is 2.75. The van der Waals surface area contributed by atoms with Gasteiger partial charge in [0, 0.05) is 55.2 Å². The predicted molar refractivity (Wildman–Crippen MR) is 131 cm³/mol.